The van der Waals surface area contributed by atoms with Gasteiger partial charge in [0.15, 0.2) is 11.5 Å². The zero-order chi connectivity index (χ0) is 15.2. The summed E-state index contributed by atoms with van der Waals surface area (Å²) in [4.78, 5) is 2.33. The van der Waals surface area contributed by atoms with Crippen molar-refractivity contribution in [2.45, 2.75) is 32.5 Å². The minimum absolute atomic E-state index is 0.0881. The summed E-state index contributed by atoms with van der Waals surface area (Å²) in [7, 11) is 1.97. The van der Waals surface area contributed by atoms with E-state index >= 15 is 0 Å². The van der Waals surface area contributed by atoms with Crippen LogP contribution in [-0.4, -0.2) is 44.3 Å². The first-order valence-electron chi connectivity index (χ1n) is 7.22. The van der Waals surface area contributed by atoms with Gasteiger partial charge in [-0.15, -0.1) is 0 Å². The summed E-state index contributed by atoms with van der Waals surface area (Å²) in [5.74, 6) is 0.463. The van der Waals surface area contributed by atoms with Gasteiger partial charge in [-0.3, -0.25) is 4.90 Å². The second kappa shape index (κ2) is 7.56. The van der Waals surface area contributed by atoms with Crippen molar-refractivity contribution in [2.75, 3.05) is 26.7 Å². The second-order valence-electron chi connectivity index (χ2n) is 5.10. The van der Waals surface area contributed by atoms with Crippen LogP contribution in [0.1, 0.15) is 18.9 Å². The van der Waals surface area contributed by atoms with Crippen molar-refractivity contribution in [2.24, 2.45) is 0 Å². The van der Waals surface area contributed by atoms with E-state index in [4.69, 9.17) is 4.74 Å². The molecule has 0 spiro atoms. The molecule has 21 heavy (non-hydrogen) atoms. The molecule has 0 amide bonds. The molecule has 1 N–H and O–H groups in total. The highest BCUT2D eigenvalue weighted by Crippen LogP contribution is 2.30. The quantitative estimate of drug-likeness (QED) is 0.839. The lowest BCUT2D eigenvalue weighted by Gasteiger charge is -2.18. The molecule has 118 valence electrons. The maximum atomic E-state index is 12.4. The van der Waals surface area contributed by atoms with Gasteiger partial charge < -0.3 is 14.8 Å². The Kier molecular flexibility index (Phi) is 5.76. The maximum absolute atomic E-state index is 12.4. The Balaban J connectivity index is 2.05. The molecule has 6 heteroatoms. The smallest absolute Gasteiger partial charge is 0.387 e. The number of nitrogens with zero attached hydrogens (tertiary/aromatic N) is 1. The zero-order valence-corrected chi connectivity index (χ0v) is 12.4. The van der Waals surface area contributed by atoms with Gasteiger partial charge >= 0.3 is 6.61 Å². The third kappa shape index (κ3) is 4.54. The van der Waals surface area contributed by atoms with Gasteiger partial charge in [0.2, 0.25) is 0 Å². The third-order valence-electron chi connectivity index (χ3n) is 3.61. The summed E-state index contributed by atoms with van der Waals surface area (Å²) in [5, 5.41) is 3.27. The molecule has 1 unspecified atom stereocenters. The minimum atomic E-state index is -2.84. The second-order valence-corrected chi connectivity index (χ2v) is 5.10. The SMILES string of the molecule is CCOc1cc(CN2CCC(NC)C2)ccc1OC(F)F. The van der Waals surface area contributed by atoms with Crippen LogP contribution in [0, 0.1) is 0 Å². The highest BCUT2D eigenvalue weighted by Gasteiger charge is 2.21. The Labute approximate surface area is 124 Å². The summed E-state index contributed by atoms with van der Waals surface area (Å²) in [6, 6.07) is 5.68. The Morgan fingerprint density at radius 1 is 1.38 bits per heavy atom. The molecule has 0 saturated carbocycles. The summed E-state index contributed by atoms with van der Waals surface area (Å²) in [6.45, 7) is 2.20. The van der Waals surface area contributed by atoms with Crippen molar-refractivity contribution in [3.63, 3.8) is 0 Å². The number of rotatable bonds is 7. The fourth-order valence-electron chi connectivity index (χ4n) is 2.58. The normalized spacial score (nSPS) is 19.2. The number of likely N-dealkylation sites (tertiary alicyclic amines) is 1. The van der Waals surface area contributed by atoms with Crippen molar-refractivity contribution in [1.82, 2.24) is 10.2 Å². The van der Waals surface area contributed by atoms with E-state index in [2.05, 4.69) is 15.0 Å². The van der Waals surface area contributed by atoms with Gasteiger partial charge in [-0.2, -0.15) is 8.78 Å². The van der Waals surface area contributed by atoms with Gasteiger partial charge in [-0.05, 0) is 38.1 Å². The van der Waals surface area contributed by atoms with Crippen LogP contribution in [0.15, 0.2) is 18.2 Å². The lowest BCUT2D eigenvalue weighted by atomic mass is 10.2. The van der Waals surface area contributed by atoms with E-state index in [0.717, 1.165) is 31.6 Å². The van der Waals surface area contributed by atoms with Crippen molar-refractivity contribution in [1.29, 1.82) is 0 Å². The van der Waals surface area contributed by atoms with Crippen LogP contribution in [0.2, 0.25) is 0 Å². The molecule has 4 nitrogen and oxygen atoms in total. The molecule has 0 bridgehead atoms. The number of alkyl halides is 2. The first kappa shape index (κ1) is 16.0. The molecule has 2 rings (SSSR count). The van der Waals surface area contributed by atoms with E-state index in [-0.39, 0.29) is 5.75 Å². The molecule has 1 aliphatic rings. The Hall–Kier alpha value is -1.40. The molecule has 1 aliphatic heterocycles. The Morgan fingerprint density at radius 3 is 2.81 bits per heavy atom. The number of benzene rings is 1. The van der Waals surface area contributed by atoms with Crippen LogP contribution in [0.5, 0.6) is 11.5 Å². The standard InChI is InChI=1S/C15H22F2N2O2/c1-3-20-14-8-11(4-5-13(14)21-15(16)17)9-19-7-6-12(10-19)18-2/h4-5,8,12,15,18H,3,6-7,9-10H2,1-2H3. The number of halogens is 2. The average Bonchev–Trinajstić information content (AvgIpc) is 2.89. The highest BCUT2D eigenvalue weighted by molar-refractivity contribution is 5.43. The monoisotopic (exact) mass is 300 g/mol. The van der Waals surface area contributed by atoms with E-state index in [1.165, 1.54) is 0 Å². The topological polar surface area (TPSA) is 33.7 Å². The predicted octanol–water partition coefficient (Wildman–Crippen LogP) is 2.48. The van der Waals surface area contributed by atoms with E-state index in [1.54, 1.807) is 12.1 Å². The fraction of sp³-hybridized carbons (Fsp3) is 0.600. The lowest BCUT2D eigenvalue weighted by molar-refractivity contribution is -0.0514. The third-order valence-corrected chi connectivity index (χ3v) is 3.61. The molecule has 1 aromatic rings. The minimum Gasteiger partial charge on any atom is -0.490 e. The van der Waals surface area contributed by atoms with E-state index in [0.29, 0.717) is 18.4 Å². The predicted molar refractivity (Wildman–Crippen MR) is 77.0 cm³/mol. The molecular formula is C15H22F2N2O2. The van der Waals surface area contributed by atoms with Crippen LogP contribution in [0.3, 0.4) is 0 Å². The van der Waals surface area contributed by atoms with E-state index in [9.17, 15) is 8.78 Å². The van der Waals surface area contributed by atoms with Crippen LogP contribution in [0.4, 0.5) is 8.78 Å². The van der Waals surface area contributed by atoms with Crippen LogP contribution in [0.25, 0.3) is 0 Å². The van der Waals surface area contributed by atoms with Crippen molar-refractivity contribution in [3.8, 4) is 11.5 Å². The number of nitrogens with one attached hydrogen (secondary N) is 1. The zero-order valence-electron chi connectivity index (χ0n) is 12.4. The molecular weight excluding hydrogens is 278 g/mol. The first-order chi connectivity index (χ1) is 10.1. The number of hydrogen-bond acceptors (Lipinski definition) is 4. The number of ether oxygens (including phenoxy) is 2. The summed E-state index contributed by atoms with van der Waals surface area (Å²) >= 11 is 0. The molecule has 1 fully saturated rings. The van der Waals surface area contributed by atoms with Gasteiger partial charge in [0.25, 0.3) is 0 Å². The molecule has 0 aliphatic carbocycles. The molecule has 0 radical (unpaired) electrons. The summed E-state index contributed by atoms with van der Waals surface area (Å²) in [5.41, 5.74) is 1.04. The van der Waals surface area contributed by atoms with Gasteiger partial charge in [0.1, 0.15) is 0 Å². The van der Waals surface area contributed by atoms with Gasteiger partial charge in [-0.25, -0.2) is 0 Å². The Morgan fingerprint density at radius 2 is 2.19 bits per heavy atom. The van der Waals surface area contributed by atoms with Crippen molar-refractivity contribution < 1.29 is 18.3 Å². The largest absolute Gasteiger partial charge is 0.490 e. The van der Waals surface area contributed by atoms with Gasteiger partial charge in [0, 0.05) is 25.7 Å². The average molecular weight is 300 g/mol. The maximum Gasteiger partial charge on any atom is 0.387 e. The number of likely N-dealkylation sites (N-methyl/N-ethyl adjacent to an activating group) is 1. The highest BCUT2D eigenvalue weighted by atomic mass is 19.3. The fourth-order valence-corrected chi connectivity index (χ4v) is 2.58. The molecule has 1 atom stereocenters. The van der Waals surface area contributed by atoms with Crippen LogP contribution in [-0.2, 0) is 6.54 Å². The summed E-state index contributed by atoms with van der Waals surface area (Å²) in [6.07, 6.45) is 1.13. The lowest BCUT2D eigenvalue weighted by Crippen LogP contribution is -2.29. The Bertz CT molecular complexity index is 457. The van der Waals surface area contributed by atoms with Crippen LogP contribution >= 0.6 is 0 Å². The van der Waals surface area contributed by atoms with Crippen molar-refractivity contribution >= 4 is 0 Å². The van der Waals surface area contributed by atoms with E-state index in [1.807, 2.05) is 20.0 Å². The van der Waals surface area contributed by atoms with Crippen LogP contribution < -0.4 is 14.8 Å². The van der Waals surface area contributed by atoms with Gasteiger partial charge in [0.05, 0.1) is 6.61 Å². The molecule has 1 saturated heterocycles. The van der Waals surface area contributed by atoms with Gasteiger partial charge in [-0.1, -0.05) is 6.07 Å². The summed E-state index contributed by atoms with van der Waals surface area (Å²) < 4.78 is 34.6. The van der Waals surface area contributed by atoms with E-state index < -0.39 is 6.61 Å². The number of hydrogen-bond donors (Lipinski definition) is 1. The molecule has 1 heterocycles. The first-order valence-corrected chi connectivity index (χ1v) is 7.22. The molecule has 0 aromatic heterocycles. The molecule has 1 aromatic carbocycles. The van der Waals surface area contributed by atoms with Crippen molar-refractivity contribution in [3.05, 3.63) is 23.8 Å².